The normalized spacial score (nSPS) is 12.6. The summed E-state index contributed by atoms with van der Waals surface area (Å²) < 4.78 is 78.5. The van der Waals surface area contributed by atoms with E-state index in [4.69, 9.17) is 0 Å². The first kappa shape index (κ1) is 21.8. The van der Waals surface area contributed by atoms with Gasteiger partial charge in [0, 0.05) is 34.9 Å². The highest BCUT2D eigenvalue weighted by Gasteiger charge is 2.36. The largest absolute Gasteiger partial charge is 0.416 e. The van der Waals surface area contributed by atoms with E-state index in [-0.39, 0.29) is 24.5 Å². The van der Waals surface area contributed by atoms with E-state index in [0.717, 1.165) is 16.5 Å². The number of alkyl halides is 6. The van der Waals surface area contributed by atoms with Gasteiger partial charge in [-0.3, -0.25) is 0 Å². The lowest BCUT2D eigenvalue weighted by molar-refractivity contribution is -0.143. The Morgan fingerprint density at radius 3 is 2.06 bits per heavy atom. The summed E-state index contributed by atoms with van der Waals surface area (Å²) in [5.74, 6) is 0. The highest BCUT2D eigenvalue weighted by molar-refractivity contribution is 5.83. The van der Waals surface area contributed by atoms with Crippen LogP contribution in [0.25, 0.3) is 10.9 Å². The van der Waals surface area contributed by atoms with Gasteiger partial charge < -0.3 is 15.0 Å². The molecule has 0 unspecified atom stereocenters. The molecule has 0 amide bonds. The molecule has 0 aliphatic rings. The summed E-state index contributed by atoms with van der Waals surface area (Å²) in [5, 5.41) is 0.952. The Balaban J connectivity index is 1.60. The molecule has 4 nitrogen and oxygen atoms in total. The molecule has 0 saturated heterocycles. The van der Waals surface area contributed by atoms with Crippen LogP contribution in [-0.4, -0.2) is 15.0 Å². The third kappa shape index (κ3) is 4.58. The van der Waals surface area contributed by atoms with E-state index in [1.807, 2.05) is 24.3 Å². The molecule has 0 radical (unpaired) electrons. The van der Waals surface area contributed by atoms with E-state index < -0.39 is 29.2 Å². The van der Waals surface area contributed by atoms with Crippen LogP contribution >= 0.6 is 0 Å². The number of fused-ring (bicyclic) bond motifs is 1. The fourth-order valence-electron chi connectivity index (χ4n) is 3.72. The maximum Gasteiger partial charge on any atom is 0.416 e. The molecule has 0 atom stereocenters. The van der Waals surface area contributed by atoms with Crippen LogP contribution in [0.5, 0.6) is 0 Å². The Bertz CT molecular complexity index is 1280. The molecule has 32 heavy (non-hydrogen) atoms. The minimum Gasteiger partial charge on any atom is -0.361 e. The lowest BCUT2D eigenvalue weighted by Crippen LogP contribution is -2.12. The molecule has 0 saturated carbocycles. The second-order valence-corrected chi connectivity index (χ2v) is 7.49. The van der Waals surface area contributed by atoms with Gasteiger partial charge in [-0.25, -0.2) is 4.79 Å². The number of para-hydroxylation sites is 1. The SMILES string of the molecule is O=c1[nH]c(CCc2cc(C(F)(F)F)cc(C(F)(F)F)c2)c(Cc2c[nH]c3ccccc23)[nH]1. The van der Waals surface area contributed by atoms with E-state index in [1.54, 1.807) is 6.20 Å². The molecule has 3 N–H and O–H groups in total. The molecule has 0 fully saturated rings. The number of H-pyrrole nitrogens is 3. The second-order valence-electron chi connectivity index (χ2n) is 7.49. The van der Waals surface area contributed by atoms with Gasteiger partial charge in [-0.2, -0.15) is 26.3 Å². The molecular formula is C22H17F6N3O. The summed E-state index contributed by atoms with van der Waals surface area (Å²) >= 11 is 0. The number of imidazole rings is 1. The Morgan fingerprint density at radius 1 is 0.781 bits per heavy atom. The zero-order valence-corrected chi connectivity index (χ0v) is 16.4. The summed E-state index contributed by atoms with van der Waals surface area (Å²) in [6.07, 6.45) is -7.72. The summed E-state index contributed by atoms with van der Waals surface area (Å²) in [6.45, 7) is 0. The first-order valence-corrected chi connectivity index (χ1v) is 9.64. The third-order valence-corrected chi connectivity index (χ3v) is 5.25. The van der Waals surface area contributed by atoms with E-state index >= 15 is 0 Å². The fourth-order valence-corrected chi connectivity index (χ4v) is 3.72. The van der Waals surface area contributed by atoms with Crippen LogP contribution in [0.3, 0.4) is 0 Å². The van der Waals surface area contributed by atoms with Crippen molar-refractivity contribution in [3.8, 4) is 0 Å². The third-order valence-electron chi connectivity index (χ3n) is 5.25. The first-order valence-electron chi connectivity index (χ1n) is 9.64. The van der Waals surface area contributed by atoms with Crippen molar-refractivity contribution in [2.45, 2.75) is 31.6 Å². The van der Waals surface area contributed by atoms with Crippen LogP contribution in [0, 0.1) is 0 Å². The smallest absolute Gasteiger partial charge is 0.361 e. The summed E-state index contributed by atoms with van der Waals surface area (Å²) in [7, 11) is 0. The van der Waals surface area contributed by atoms with Gasteiger partial charge in [0.1, 0.15) is 0 Å². The van der Waals surface area contributed by atoms with E-state index in [2.05, 4.69) is 15.0 Å². The van der Waals surface area contributed by atoms with Crippen LogP contribution in [0.15, 0.2) is 53.5 Å². The number of aromatic nitrogens is 3. The number of aromatic amines is 3. The van der Waals surface area contributed by atoms with Crippen LogP contribution in [0.4, 0.5) is 26.3 Å². The Hall–Kier alpha value is -3.43. The van der Waals surface area contributed by atoms with Gasteiger partial charge in [0.2, 0.25) is 0 Å². The van der Waals surface area contributed by atoms with Gasteiger partial charge >= 0.3 is 18.0 Å². The molecule has 4 rings (SSSR count). The van der Waals surface area contributed by atoms with Gasteiger partial charge in [-0.05, 0) is 48.2 Å². The van der Waals surface area contributed by atoms with Crippen molar-refractivity contribution in [2.24, 2.45) is 0 Å². The maximum absolute atomic E-state index is 13.1. The molecule has 2 aromatic heterocycles. The van der Waals surface area contributed by atoms with Crippen molar-refractivity contribution in [3.63, 3.8) is 0 Å². The number of hydrogen-bond donors (Lipinski definition) is 3. The van der Waals surface area contributed by atoms with Crippen molar-refractivity contribution < 1.29 is 26.3 Å². The number of halogens is 6. The molecule has 0 spiro atoms. The average molecular weight is 453 g/mol. The molecule has 0 aliphatic heterocycles. The standard InChI is InChI=1S/C22H17F6N3O/c23-21(24,25)14-7-12(8-15(10-14)22(26,27)28)5-6-18-19(31-20(32)30-18)9-13-11-29-17-4-2-1-3-16(13)17/h1-4,7-8,10-11,29H,5-6,9H2,(H2,30,31,32). The Labute approximate surface area is 177 Å². The lowest BCUT2D eigenvalue weighted by Gasteiger charge is -2.14. The summed E-state index contributed by atoms with van der Waals surface area (Å²) in [4.78, 5) is 20.3. The van der Waals surface area contributed by atoms with Gasteiger partial charge in [0.25, 0.3) is 0 Å². The molecular weight excluding hydrogens is 436 g/mol. The van der Waals surface area contributed by atoms with Gasteiger partial charge in [0.15, 0.2) is 0 Å². The molecule has 168 valence electrons. The molecule has 0 bridgehead atoms. The van der Waals surface area contributed by atoms with Crippen molar-refractivity contribution in [1.82, 2.24) is 15.0 Å². The molecule has 0 aliphatic carbocycles. The van der Waals surface area contributed by atoms with E-state index in [1.165, 1.54) is 0 Å². The van der Waals surface area contributed by atoms with Crippen molar-refractivity contribution in [1.29, 1.82) is 0 Å². The summed E-state index contributed by atoms with van der Waals surface area (Å²) in [6, 6.07) is 9.06. The molecule has 2 aromatic carbocycles. The predicted molar refractivity (Wildman–Crippen MR) is 106 cm³/mol. The second kappa shape index (κ2) is 7.92. The first-order chi connectivity index (χ1) is 15.0. The van der Waals surface area contributed by atoms with E-state index in [0.29, 0.717) is 29.9 Å². The number of nitrogens with one attached hydrogen (secondary N) is 3. The lowest BCUT2D eigenvalue weighted by atomic mass is 9.99. The van der Waals surface area contributed by atoms with Crippen LogP contribution in [0.2, 0.25) is 0 Å². The Morgan fingerprint density at radius 2 is 1.41 bits per heavy atom. The number of aryl methyl sites for hydroxylation is 2. The van der Waals surface area contributed by atoms with Gasteiger partial charge in [0.05, 0.1) is 11.1 Å². The Kier molecular flexibility index (Phi) is 5.39. The monoisotopic (exact) mass is 453 g/mol. The van der Waals surface area contributed by atoms with Crippen molar-refractivity contribution >= 4 is 10.9 Å². The van der Waals surface area contributed by atoms with Gasteiger partial charge in [-0.1, -0.05) is 18.2 Å². The predicted octanol–water partition coefficient (Wildman–Crippen LogP) is 5.60. The van der Waals surface area contributed by atoms with Gasteiger partial charge in [-0.15, -0.1) is 0 Å². The molecule has 4 aromatic rings. The maximum atomic E-state index is 13.1. The van der Waals surface area contributed by atoms with Crippen LogP contribution < -0.4 is 5.69 Å². The minimum atomic E-state index is -4.90. The van der Waals surface area contributed by atoms with Crippen molar-refractivity contribution in [3.05, 3.63) is 92.8 Å². The van der Waals surface area contributed by atoms with Crippen LogP contribution in [-0.2, 0) is 31.6 Å². The number of benzene rings is 2. The number of hydrogen-bond acceptors (Lipinski definition) is 1. The fraction of sp³-hybridized carbons (Fsp3) is 0.227. The quantitative estimate of drug-likeness (QED) is 0.339. The highest BCUT2D eigenvalue weighted by atomic mass is 19.4. The topological polar surface area (TPSA) is 64.4 Å². The highest BCUT2D eigenvalue weighted by Crippen LogP contribution is 2.36. The average Bonchev–Trinajstić information content (AvgIpc) is 3.28. The zero-order valence-electron chi connectivity index (χ0n) is 16.4. The van der Waals surface area contributed by atoms with Crippen molar-refractivity contribution in [2.75, 3.05) is 0 Å². The molecule has 2 heterocycles. The van der Waals surface area contributed by atoms with Crippen LogP contribution in [0.1, 0.15) is 33.6 Å². The number of rotatable bonds is 5. The zero-order chi connectivity index (χ0) is 23.1. The summed E-state index contributed by atoms with van der Waals surface area (Å²) in [5.41, 5.74) is -0.551. The molecule has 10 heteroatoms. The minimum absolute atomic E-state index is 0.0645. The van der Waals surface area contributed by atoms with E-state index in [9.17, 15) is 31.1 Å².